The fraction of sp³-hybridized carbons (Fsp3) is 0.167. The average molecular weight is 567 g/mol. The van der Waals surface area contributed by atoms with E-state index in [1.807, 2.05) is 36.4 Å². The molecule has 0 spiro atoms. The molecule has 2 unspecified atom stereocenters. The van der Waals surface area contributed by atoms with Gasteiger partial charge in [0.2, 0.25) is 10.0 Å². The number of benzene rings is 4. The van der Waals surface area contributed by atoms with Crippen LogP contribution in [0.5, 0.6) is 0 Å². The summed E-state index contributed by atoms with van der Waals surface area (Å²) in [6.45, 7) is -0.0311. The molecule has 0 aliphatic rings. The van der Waals surface area contributed by atoms with Crippen molar-refractivity contribution in [3.05, 3.63) is 137 Å². The molecular weight excluding hydrogens is 539 g/mol. The van der Waals surface area contributed by atoms with Gasteiger partial charge < -0.3 is 10.4 Å². The van der Waals surface area contributed by atoms with Crippen LogP contribution in [-0.4, -0.2) is 30.3 Å². The number of nitrogens with zero attached hydrogens (tertiary/aromatic N) is 1. The molecule has 2 atom stereocenters. The molecule has 2 N–H and O–H groups in total. The lowest BCUT2D eigenvalue weighted by atomic mass is 9.92. The molecule has 0 saturated carbocycles. The van der Waals surface area contributed by atoms with Crippen LogP contribution < -0.4 is 5.32 Å². The van der Waals surface area contributed by atoms with Gasteiger partial charge in [-0.1, -0.05) is 84.4 Å². The number of hydrogen-bond acceptors (Lipinski definition) is 4. The Bertz CT molecular complexity index is 1470. The zero-order valence-electron chi connectivity index (χ0n) is 21.0. The Morgan fingerprint density at radius 1 is 0.846 bits per heavy atom. The van der Waals surface area contributed by atoms with Gasteiger partial charge in [-0.2, -0.15) is 4.31 Å². The van der Waals surface area contributed by atoms with Crippen LogP contribution in [-0.2, 0) is 27.9 Å². The van der Waals surface area contributed by atoms with E-state index in [0.29, 0.717) is 22.7 Å². The molecule has 0 fully saturated rings. The first-order chi connectivity index (χ1) is 18.7. The molecule has 0 saturated heterocycles. The van der Waals surface area contributed by atoms with E-state index in [0.717, 1.165) is 22.0 Å². The van der Waals surface area contributed by atoms with Crippen LogP contribution in [0.2, 0.25) is 5.02 Å². The van der Waals surface area contributed by atoms with Gasteiger partial charge in [0.1, 0.15) is 5.82 Å². The van der Waals surface area contributed by atoms with Gasteiger partial charge in [0.25, 0.3) is 0 Å². The number of carboxylic acids is 1. The number of halogens is 2. The fourth-order valence-corrected chi connectivity index (χ4v) is 5.90. The van der Waals surface area contributed by atoms with E-state index in [4.69, 9.17) is 11.6 Å². The van der Waals surface area contributed by atoms with Crippen LogP contribution in [0.25, 0.3) is 0 Å². The molecule has 0 aliphatic carbocycles. The summed E-state index contributed by atoms with van der Waals surface area (Å²) in [5.74, 6) is -2.91. The van der Waals surface area contributed by atoms with Crippen molar-refractivity contribution < 1.29 is 22.7 Å². The molecule has 9 heteroatoms. The second-order valence-corrected chi connectivity index (χ2v) is 11.5. The third kappa shape index (κ3) is 7.52. The van der Waals surface area contributed by atoms with E-state index in [2.05, 4.69) is 5.32 Å². The predicted octanol–water partition coefficient (Wildman–Crippen LogP) is 5.90. The first-order valence-corrected chi connectivity index (χ1v) is 14.1. The molecule has 202 valence electrons. The molecule has 0 bridgehead atoms. The van der Waals surface area contributed by atoms with Gasteiger partial charge in [-0.15, -0.1) is 0 Å². The van der Waals surface area contributed by atoms with Crippen molar-refractivity contribution in [1.29, 1.82) is 0 Å². The molecule has 4 rings (SSSR count). The van der Waals surface area contributed by atoms with Gasteiger partial charge in [-0.05, 0) is 53.1 Å². The molecule has 4 aromatic rings. The summed E-state index contributed by atoms with van der Waals surface area (Å²) in [4.78, 5) is 12.6. The summed E-state index contributed by atoms with van der Waals surface area (Å²) in [5, 5.41) is 14.2. The van der Waals surface area contributed by atoms with Crippen LogP contribution in [0.3, 0.4) is 0 Å². The molecule has 6 nitrogen and oxygen atoms in total. The highest BCUT2D eigenvalue weighted by molar-refractivity contribution is 7.89. The number of nitrogens with one attached hydrogen (secondary N) is 1. The zero-order chi connectivity index (χ0) is 27.8. The molecule has 4 aromatic carbocycles. The fourth-order valence-electron chi connectivity index (χ4n) is 4.32. The van der Waals surface area contributed by atoms with Gasteiger partial charge >= 0.3 is 5.97 Å². The van der Waals surface area contributed by atoms with Crippen LogP contribution in [0.15, 0.2) is 114 Å². The van der Waals surface area contributed by atoms with E-state index in [9.17, 15) is 22.7 Å². The first-order valence-electron chi connectivity index (χ1n) is 12.3. The van der Waals surface area contributed by atoms with Crippen LogP contribution in [0, 0.1) is 11.7 Å². The Hall–Kier alpha value is -3.56. The maximum atomic E-state index is 13.8. The third-order valence-corrected chi connectivity index (χ3v) is 8.45. The van der Waals surface area contributed by atoms with Gasteiger partial charge in [0.05, 0.1) is 10.8 Å². The van der Waals surface area contributed by atoms with E-state index < -0.39 is 33.8 Å². The summed E-state index contributed by atoms with van der Waals surface area (Å²) >= 11 is 6.09. The molecule has 0 amide bonds. The Morgan fingerprint density at radius 3 is 1.97 bits per heavy atom. The lowest BCUT2D eigenvalue weighted by Crippen LogP contribution is -2.43. The number of aliphatic carboxylic acids is 1. The number of carboxylic acid groups (broad SMARTS) is 1. The van der Waals surface area contributed by atoms with E-state index in [-0.39, 0.29) is 18.0 Å². The van der Waals surface area contributed by atoms with Gasteiger partial charge in [0.15, 0.2) is 0 Å². The van der Waals surface area contributed by atoms with Gasteiger partial charge in [-0.3, -0.25) is 4.79 Å². The summed E-state index contributed by atoms with van der Waals surface area (Å²) in [7, 11) is -4.18. The Balaban J connectivity index is 1.72. The minimum absolute atomic E-state index is 0.0592. The van der Waals surface area contributed by atoms with E-state index in [1.165, 1.54) is 12.1 Å². The monoisotopic (exact) mass is 566 g/mol. The van der Waals surface area contributed by atoms with E-state index >= 15 is 0 Å². The molecule has 0 radical (unpaired) electrons. The normalized spacial score (nSPS) is 13.2. The quantitative estimate of drug-likeness (QED) is 0.223. The van der Waals surface area contributed by atoms with Crippen molar-refractivity contribution in [3.8, 4) is 0 Å². The number of rotatable bonds is 12. The SMILES string of the molecule is O=C(O)C(CN(Cc1ccccc1)S(=O)(=O)c1ccc(F)cc1)C(NCc1ccccc1)c1ccc(Cl)cc1. The lowest BCUT2D eigenvalue weighted by Gasteiger charge is -2.31. The highest BCUT2D eigenvalue weighted by Crippen LogP contribution is 2.29. The van der Waals surface area contributed by atoms with Crippen molar-refractivity contribution in [1.82, 2.24) is 9.62 Å². The largest absolute Gasteiger partial charge is 0.481 e. The maximum Gasteiger partial charge on any atom is 0.309 e. The zero-order valence-corrected chi connectivity index (χ0v) is 22.5. The van der Waals surface area contributed by atoms with Crippen LogP contribution >= 0.6 is 11.6 Å². The van der Waals surface area contributed by atoms with Crippen molar-refractivity contribution in [3.63, 3.8) is 0 Å². The van der Waals surface area contributed by atoms with Crippen LogP contribution in [0.1, 0.15) is 22.7 Å². The maximum absolute atomic E-state index is 13.8. The Morgan fingerprint density at radius 2 is 1.41 bits per heavy atom. The van der Waals surface area contributed by atoms with Crippen molar-refractivity contribution >= 4 is 27.6 Å². The first kappa shape index (κ1) is 28.4. The average Bonchev–Trinajstić information content (AvgIpc) is 2.94. The number of carbonyl (C=O) groups is 1. The third-order valence-electron chi connectivity index (χ3n) is 6.37. The van der Waals surface area contributed by atoms with E-state index in [1.54, 1.807) is 48.5 Å². The predicted molar refractivity (Wildman–Crippen MR) is 149 cm³/mol. The second-order valence-electron chi connectivity index (χ2n) is 9.08. The lowest BCUT2D eigenvalue weighted by molar-refractivity contribution is -0.143. The minimum Gasteiger partial charge on any atom is -0.481 e. The molecule has 0 heterocycles. The van der Waals surface area contributed by atoms with Crippen molar-refractivity contribution in [2.75, 3.05) is 6.54 Å². The summed E-state index contributed by atoms with van der Waals surface area (Å²) in [6, 6.07) is 29.0. The van der Waals surface area contributed by atoms with Gasteiger partial charge in [-0.25, -0.2) is 12.8 Å². The highest BCUT2D eigenvalue weighted by Gasteiger charge is 2.35. The van der Waals surface area contributed by atoms with Crippen molar-refractivity contribution in [2.45, 2.75) is 24.0 Å². The molecule has 39 heavy (non-hydrogen) atoms. The second kappa shape index (κ2) is 13.0. The highest BCUT2D eigenvalue weighted by atomic mass is 35.5. The number of sulfonamides is 1. The summed E-state index contributed by atoms with van der Waals surface area (Å²) in [6.07, 6.45) is 0. The minimum atomic E-state index is -4.18. The molecule has 0 aliphatic heterocycles. The summed E-state index contributed by atoms with van der Waals surface area (Å²) in [5.41, 5.74) is 2.29. The molecular formula is C30H28ClFN2O4S. The van der Waals surface area contributed by atoms with Crippen LogP contribution in [0.4, 0.5) is 4.39 Å². The van der Waals surface area contributed by atoms with Crippen molar-refractivity contribution in [2.24, 2.45) is 5.92 Å². The Labute approximate surface area is 232 Å². The Kier molecular flexibility index (Phi) is 9.48. The number of hydrogen-bond donors (Lipinski definition) is 2. The standard InChI is InChI=1S/C30H28ClFN2O4S/c31-25-13-11-24(12-14-25)29(33-19-22-7-3-1-4-8-22)28(30(35)36)21-34(20-23-9-5-2-6-10-23)39(37,38)27-17-15-26(32)16-18-27/h1-18,28-29,33H,19-21H2,(H,35,36). The van der Waals surface area contributed by atoms with Gasteiger partial charge in [0, 0.05) is 30.7 Å². The summed E-state index contributed by atoms with van der Waals surface area (Å²) < 4.78 is 42.2. The molecule has 0 aromatic heterocycles. The topological polar surface area (TPSA) is 86.7 Å². The smallest absolute Gasteiger partial charge is 0.309 e.